The second kappa shape index (κ2) is 13.0. The van der Waals surface area contributed by atoms with Crippen LogP contribution >= 0.6 is 0 Å². The molecular weight excluding hydrogens is 520 g/mol. The third kappa shape index (κ3) is 6.28. The van der Waals surface area contributed by atoms with Gasteiger partial charge in [0.25, 0.3) is 0 Å². The van der Waals surface area contributed by atoms with E-state index < -0.39 is 24.5 Å². The average molecular weight is 553 g/mol. The molecule has 0 radical (unpaired) electrons. The number of benzene rings is 3. The maximum Gasteiger partial charge on any atom is 0.227 e. The van der Waals surface area contributed by atoms with Gasteiger partial charge in [0.1, 0.15) is 30.0 Å². The lowest BCUT2D eigenvalue weighted by molar-refractivity contribution is -0.0926. The predicted octanol–water partition coefficient (Wildman–Crippen LogP) is 5.12. The molecule has 210 valence electrons. The van der Waals surface area contributed by atoms with E-state index >= 15 is 0 Å². The molecule has 6 rings (SSSR count). The van der Waals surface area contributed by atoms with Crippen LogP contribution in [0.2, 0.25) is 0 Å². The van der Waals surface area contributed by atoms with Gasteiger partial charge in [0, 0.05) is 0 Å². The van der Waals surface area contributed by atoms with Gasteiger partial charge < -0.3 is 23.7 Å². The molecule has 0 spiro atoms. The monoisotopic (exact) mass is 552 g/mol. The number of nitrogens with zero attached hydrogens (tertiary/aromatic N) is 4. The lowest BCUT2D eigenvalue weighted by Gasteiger charge is -2.25. The standard InChI is InChI=1S/C32H32N4O5/c1-37-31-26-17-35-36(30(26)33-22-34-31)32-29(40-20-25-15-9-4-10-16-25)28(39-19-24-13-7-3-8-14-24)27(41-32)21-38-18-23-11-5-2-6-12-23/h2-17,22,27-29,32H,18-21H2,1H3/t27-,28-,29+,32-/m1/s1. The molecule has 5 aromatic rings. The number of methoxy groups -OCH3 is 1. The van der Waals surface area contributed by atoms with Gasteiger partial charge in [-0.25, -0.2) is 14.6 Å². The zero-order chi connectivity index (χ0) is 27.9. The molecule has 0 aliphatic carbocycles. The van der Waals surface area contributed by atoms with Crippen LogP contribution in [0.3, 0.4) is 0 Å². The molecule has 3 aromatic carbocycles. The van der Waals surface area contributed by atoms with Crippen molar-refractivity contribution in [3.05, 3.63) is 120 Å². The van der Waals surface area contributed by atoms with Crippen molar-refractivity contribution >= 4 is 11.0 Å². The molecule has 4 atom stereocenters. The van der Waals surface area contributed by atoms with Crippen LogP contribution in [0.25, 0.3) is 11.0 Å². The number of ether oxygens (including phenoxy) is 5. The summed E-state index contributed by atoms with van der Waals surface area (Å²) in [5.41, 5.74) is 3.78. The van der Waals surface area contributed by atoms with Crippen molar-refractivity contribution < 1.29 is 23.7 Å². The van der Waals surface area contributed by atoms with Gasteiger partial charge in [-0.2, -0.15) is 5.10 Å². The minimum Gasteiger partial charge on any atom is -0.480 e. The predicted molar refractivity (Wildman–Crippen MR) is 152 cm³/mol. The maximum atomic E-state index is 6.65. The molecule has 1 fully saturated rings. The van der Waals surface area contributed by atoms with E-state index in [0.29, 0.717) is 43.3 Å². The zero-order valence-corrected chi connectivity index (χ0v) is 22.8. The first-order chi connectivity index (χ1) is 20.3. The SMILES string of the molecule is COc1ncnc2c1cnn2[C@@H]1O[C@H](COCc2ccccc2)[C@@H](OCc2ccccc2)[C@@H]1OCc1ccccc1. The van der Waals surface area contributed by atoms with Gasteiger partial charge in [-0.15, -0.1) is 0 Å². The summed E-state index contributed by atoms with van der Waals surface area (Å²) in [7, 11) is 1.57. The van der Waals surface area contributed by atoms with Crippen molar-refractivity contribution in [2.75, 3.05) is 13.7 Å². The highest BCUT2D eigenvalue weighted by molar-refractivity contribution is 5.79. The Morgan fingerprint density at radius 3 is 1.93 bits per heavy atom. The van der Waals surface area contributed by atoms with E-state index in [4.69, 9.17) is 23.7 Å². The van der Waals surface area contributed by atoms with Crippen LogP contribution in [-0.2, 0) is 38.8 Å². The van der Waals surface area contributed by atoms with E-state index in [2.05, 4.69) is 15.1 Å². The topological polar surface area (TPSA) is 89.8 Å². The summed E-state index contributed by atoms with van der Waals surface area (Å²) in [6, 6.07) is 30.2. The Morgan fingerprint density at radius 1 is 0.732 bits per heavy atom. The number of hydrogen-bond acceptors (Lipinski definition) is 8. The minimum atomic E-state index is -0.623. The summed E-state index contributed by atoms with van der Waals surface area (Å²) in [4.78, 5) is 8.71. The van der Waals surface area contributed by atoms with E-state index in [1.807, 2.05) is 91.0 Å². The third-order valence-corrected chi connectivity index (χ3v) is 7.04. The molecule has 9 nitrogen and oxygen atoms in total. The first-order valence-electron chi connectivity index (χ1n) is 13.6. The molecule has 0 bridgehead atoms. The Hall–Kier alpha value is -4.15. The van der Waals surface area contributed by atoms with Crippen molar-refractivity contribution in [2.45, 2.75) is 44.4 Å². The lowest BCUT2D eigenvalue weighted by atomic mass is 10.1. The fourth-order valence-electron chi connectivity index (χ4n) is 5.01. The maximum absolute atomic E-state index is 6.65. The normalized spacial score (nSPS) is 20.4. The lowest BCUT2D eigenvalue weighted by Crippen LogP contribution is -2.38. The summed E-state index contributed by atoms with van der Waals surface area (Å²) in [6.45, 7) is 1.55. The van der Waals surface area contributed by atoms with Crippen LogP contribution in [0.15, 0.2) is 104 Å². The summed E-state index contributed by atoms with van der Waals surface area (Å²) in [6.07, 6.45) is 1.15. The highest BCUT2D eigenvalue weighted by Gasteiger charge is 2.48. The molecule has 0 amide bonds. The molecule has 0 unspecified atom stereocenters. The van der Waals surface area contributed by atoms with Gasteiger partial charge in [-0.3, -0.25) is 0 Å². The summed E-state index contributed by atoms with van der Waals surface area (Å²) >= 11 is 0. The Labute approximate surface area is 238 Å². The average Bonchev–Trinajstić information content (AvgIpc) is 3.61. The molecule has 1 saturated heterocycles. The molecule has 1 aliphatic heterocycles. The van der Waals surface area contributed by atoms with Gasteiger partial charge in [0.05, 0.1) is 39.7 Å². The second-order valence-electron chi connectivity index (χ2n) is 9.80. The Balaban J connectivity index is 1.30. The van der Waals surface area contributed by atoms with Gasteiger partial charge in [-0.05, 0) is 16.7 Å². The van der Waals surface area contributed by atoms with Gasteiger partial charge in [0.15, 0.2) is 11.9 Å². The Morgan fingerprint density at radius 2 is 1.32 bits per heavy atom. The van der Waals surface area contributed by atoms with Crippen molar-refractivity contribution in [3.63, 3.8) is 0 Å². The number of rotatable bonds is 12. The molecule has 0 saturated carbocycles. The third-order valence-electron chi connectivity index (χ3n) is 7.04. The van der Waals surface area contributed by atoms with Crippen molar-refractivity contribution in [2.24, 2.45) is 0 Å². The van der Waals surface area contributed by atoms with Crippen LogP contribution in [0.4, 0.5) is 0 Å². The van der Waals surface area contributed by atoms with Gasteiger partial charge in [0.2, 0.25) is 5.88 Å². The number of aromatic nitrogens is 4. The summed E-state index contributed by atoms with van der Waals surface area (Å²) in [5, 5.41) is 5.33. The Kier molecular flexibility index (Phi) is 8.58. The number of hydrogen-bond donors (Lipinski definition) is 0. The molecule has 1 aliphatic rings. The van der Waals surface area contributed by atoms with Crippen LogP contribution in [0.1, 0.15) is 22.9 Å². The molecule has 3 heterocycles. The second-order valence-corrected chi connectivity index (χ2v) is 9.80. The van der Waals surface area contributed by atoms with E-state index in [0.717, 1.165) is 16.7 Å². The van der Waals surface area contributed by atoms with Crippen molar-refractivity contribution in [1.82, 2.24) is 19.7 Å². The minimum absolute atomic E-state index is 0.313. The quantitative estimate of drug-likeness (QED) is 0.211. The molecular formula is C32H32N4O5. The van der Waals surface area contributed by atoms with Crippen LogP contribution < -0.4 is 4.74 Å². The van der Waals surface area contributed by atoms with Crippen molar-refractivity contribution in [1.29, 1.82) is 0 Å². The molecule has 2 aromatic heterocycles. The van der Waals surface area contributed by atoms with Gasteiger partial charge >= 0.3 is 0 Å². The number of fused-ring (bicyclic) bond motifs is 1. The smallest absolute Gasteiger partial charge is 0.227 e. The fourth-order valence-corrected chi connectivity index (χ4v) is 5.01. The molecule has 41 heavy (non-hydrogen) atoms. The van der Waals surface area contributed by atoms with Crippen LogP contribution in [-0.4, -0.2) is 51.8 Å². The first-order valence-corrected chi connectivity index (χ1v) is 13.6. The van der Waals surface area contributed by atoms with Crippen LogP contribution in [0, 0.1) is 0 Å². The summed E-state index contributed by atoms with van der Waals surface area (Å²) < 4.78 is 33.1. The fraction of sp³-hybridized carbons (Fsp3) is 0.281. The largest absolute Gasteiger partial charge is 0.480 e. The molecule has 0 N–H and O–H groups in total. The van der Waals surface area contributed by atoms with Crippen molar-refractivity contribution in [3.8, 4) is 5.88 Å². The highest BCUT2D eigenvalue weighted by Crippen LogP contribution is 2.37. The highest BCUT2D eigenvalue weighted by atomic mass is 16.6. The molecule has 9 heteroatoms. The van der Waals surface area contributed by atoms with Gasteiger partial charge in [-0.1, -0.05) is 91.0 Å². The zero-order valence-electron chi connectivity index (χ0n) is 22.8. The van der Waals surface area contributed by atoms with Crippen LogP contribution in [0.5, 0.6) is 5.88 Å². The first kappa shape index (κ1) is 27.0. The van der Waals surface area contributed by atoms with E-state index in [1.54, 1.807) is 18.0 Å². The van der Waals surface area contributed by atoms with E-state index in [9.17, 15) is 0 Å². The summed E-state index contributed by atoms with van der Waals surface area (Å²) in [5.74, 6) is 0.445. The Bertz CT molecular complexity index is 1520. The van der Waals surface area contributed by atoms with E-state index in [-0.39, 0.29) is 0 Å². The van der Waals surface area contributed by atoms with E-state index in [1.165, 1.54) is 6.33 Å².